The molecule has 1 heterocycles. The SMILES string of the molecule is Cc1ccc(-c2cc(-c3nc(NCCCN(C)C)c4cccc(C)c4n3)cc(C(F)(F)F)c2)cc1C. The van der Waals surface area contributed by atoms with E-state index < -0.39 is 11.7 Å². The number of nitrogens with zero attached hydrogens (tertiary/aromatic N) is 3. The Morgan fingerprint density at radius 3 is 2.25 bits per heavy atom. The van der Waals surface area contributed by atoms with Gasteiger partial charge in [-0.05, 0) is 99.9 Å². The first-order valence-corrected chi connectivity index (χ1v) is 12.0. The van der Waals surface area contributed by atoms with Crippen molar-refractivity contribution in [2.45, 2.75) is 33.4 Å². The van der Waals surface area contributed by atoms with Crippen molar-refractivity contribution < 1.29 is 13.2 Å². The molecule has 3 aromatic carbocycles. The maximum Gasteiger partial charge on any atom is 0.416 e. The highest BCUT2D eigenvalue weighted by Gasteiger charge is 2.32. The van der Waals surface area contributed by atoms with Gasteiger partial charge in [0.25, 0.3) is 0 Å². The molecule has 0 spiro atoms. The predicted molar refractivity (Wildman–Crippen MR) is 141 cm³/mol. The summed E-state index contributed by atoms with van der Waals surface area (Å²) in [5, 5.41) is 4.24. The molecule has 0 amide bonds. The zero-order valence-electron chi connectivity index (χ0n) is 21.3. The summed E-state index contributed by atoms with van der Waals surface area (Å²) >= 11 is 0. The summed E-state index contributed by atoms with van der Waals surface area (Å²) in [7, 11) is 4.03. The smallest absolute Gasteiger partial charge is 0.369 e. The van der Waals surface area contributed by atoms with Crippen LogP contribution in [0.4, 0.5) is 19.0 Å². The van der Waals surface area contributed by atoms with E-state index in [9.17, 15) is 13.2 Å². The van der Waals surface area contributed by atoms with E-state index in [1.165, 1.54) is 6.07 Å². The number of hydrogen-bond donors (Lipinski definition) is 1. The van der Waals surface area contributed by atoms with Crippen LogP contribution in [0.3, 0.4) is 0 Å². The Balaban J connectivity index is 1.86. The molecule has 188 valence electrons. The first-order chi connectivity index (χ1) is 17.0. The Labute approximate surface area is 210 Å². The molecule has 0 saturated carbocycles. The van der Waals surface area contributed by atoms with Crippen LogP contribution in [0.25, 0.3) is 33.4 Å². The molecule has 36 heavy (non-hydrogen) atoms. The second-order valence-electron chi connectivity index (χ2n) is 9.55. The van der Waals surface area contributed by atoms with Crippen molar-refractivity contribution in [2.75, 3.05) is 32.5 Å². The van der Waals surface area contributed by atoms with E-state index in [0.717, 1.165) is 52.2 Å². The Hall–Kier alpha value is -3.45. The zero-order valence-corrected chi connectivity index (χ0v) is 21.3. The van der Waals surface area contributed by atoms with Gasteiger partial charge in [-0.1, -0.05) is 30.3 Å². The molecule has 0 radical (unpaired) electrons. The van der Waals surface area contributed by atoms with Gasteiger partial charge < -0.3 is 10.2 Å². The van der Waals surface area contributed by atoms with Crippen molar-refractivity contribution in [1.82, 2.24) is 14.9 Å². The van der Waals surface area contributed by atoms with Crippen molar-refractivity contribution in [3.8, 4) is 22.5 Å². The molecule has 4 nitrogen and oxygen atoms in total. The minimum Gasteiger partial charge on any atom is -0.369 e. The van der Waals surface area contributed by atoms with Crippen molar-refractivity contribution in [3.63, 3.8) is 0 Å². The van der Waals surface area contributed by atoms with Crippen molar-refractivity contribution in [3.05, 3.63) is 76.9 Å². The van der Waals surface area contributed by atoms with E-state index in [1.54, 1.807) is 6.07 Å². The highest BCUT2D eigenvalue weighted by Crippen LogP contribution is 2.37. The molecule has 1 aromatic heterocycles. The van der Waals surface area contributed by atoms with Gasteiger partial charge >= 0.3 is 6.18 Å². The first kappa shape index (κ1) is 25.6. The maximum atomic E-state index is 13.9. The van der Waals surface area contributed by atoms with E-state index in [0.29, 0.717) is 23.5 Å². The third-order valence-corrected chi connectivity index (χ3v) is 6.36. The summed E-state index contributed by atoms with van der Waals surface area (Å²) in [6.45, 7) is 7.48. The van der Waals surface area contributed by atoms with Crippen LogP contribution in [0.2, 0.25) is 0 Å². The highest BCUT2D eigenvalue weighted by atomic mass is 19.4. The number of anilines is 1. The van der Waals surface area contributed by atoms with Crippen LogP contribution in [-0.2, 0) is 6.18 Å². The minimum atomic E-state index is -4.50. The number of rotatable bonds is 7. The molecule has 7 heteroatoms. The molecule has 0 saturated heterocycles. The first-order valence-electron chi connectivity index (χ1n) is 12.0. The predicted octanol–water partition coefficient (Wildman–Crippen LogP) is 7.27. The topological polar surface area (TPSA) is 41.1 Å². The maximum absolute atomic E-state index is 13.9. The molecular weight excluding hydrogens is 461 g/mol. The van der Waals surface area contributed by atoms with Gasteiger partial charge in [-0.25, -0.2) is 9.97 Å². The second-order valence-corrected chi connectivity index (χ2v) is 9.55. The number of aryl methyl sites for hydroxylation is 3. The standard InChI is InChI=1S/C29H31F3N4/c1-18-10-11-21(14-20(18)3)22-15-23(17-24(16-22)29(30,31)32)27-34-26-19(2)8-6-9-25(26)28(35-27)33-12-7-13-36(4)5/h6,8-11,14-17H,7,12-13H2,1-5H3,(H,33,34,35). The number of nitrogens with one attached hydrogen (secondary N) is 1. The summed E-state index contributed by atoms with van der Waals surface area (Å²) in [4.78, 5) is 11.5. The number of aromatic nitrogens is 2. The molecule has 0 aliphatic rings. The number of halogens is 3. The fraction of sp³-hybridized carbons (Fsp3) is 0.310. The van der Waals surface area contributed by atoms with Crippen LogP contribution in [0.1, 0.15) is 28.7 Å². The van der Waals surface area contributed by atoms with Gasteiger partial charge in [0.2, 0.25) is 0 Å². The van der Waals surface area contributed by atoms with E-state index in [2.05, 4.69) is 10.2 Å². The van der Waals surface area contributed by atoms with E-state index in [-0.39, 0.29) is 5.82 Å². The highest BCUT2D eigenvalue weighted by molar-refractivity contribution is 5.92. The Bertz CT molecular complexity index is 1390. The fourth-order valence-corrected chi connectivity index (χ4v) is 4.17. The average Bonchev–Trinajstić information content (AvgIpc) is 2.83. The normalized spacial score (nSPS) is 11.9. The number of alkyl halides is 3. The number of fused-ring (bicyclic) bond motifs is 1. The molecule has 1 N–H and O–H groups in total. The number of benzene rings is 3. The molecule has 0 bridgehead atoms. The Morgan fingerprint density at radius 2 is 1.56 bits per heavy atom. The largest absolute Gasteiger partial charge is 0.416 e. The molecular formula is C29H31F3N4. The fourth-order valence-electron chi connectivity index (χ4n) is 4.17. The van der Waals surface area contributed by atoms with Crippen LogP contribution in [-0.4, -0.2) is 42.1 Å². The van der Waals surface area contributed by atoms with Crippen molar-refractivity contribution >= 4 is 16.7 Å². The second kappa shape index (κ2) is 10.3. The summed E-state index contributed by atoms with van der Waals surface area (Å²) in [6, 6.07) is 15.6. The van der Waals surface area contributed by atoms with Crippen molar-refractivity contribution in [2.24, 2.45) is 0 Å². The molecule has 0 fully saturated rings. The monoisotopic (exact) mass is 492 g/mol. The van der Waals surface area contributed by atoms with E-state index in [4.69, 9.17) is 9.97 Å². The van der Waals surface area contributed by atoms with Crippen LogP contribution in [0.5, 0.6) is 0 Å². The molecule has 0 atom stereocenters. The minimum absolute atomic E-state index is 0.267. The summed E-state index contributed by atoms with van der Waals surface area (Å²) in [6.07, 6.45) is -3.59. The molecule has 0 unspecified atom stereocenters. The quantitative estimate of drug-likeness (QED) is 0.276. The van der Waals surface area contributed by atoms with Crippen molar-refractivity contribution in [1.29, 1.82) is 0 Å². The summed E-state index contributed by atoms with van der Waals surface area (Å²) < 4.78 is 41.8. The summed E-state index contributed by atoms with van der Waals surface area (Å²) in [5.41, 5.74) is 4.59. The van der Waals surface area contributed by atoms with Gasteiger partial charge in [0.05, 0.1) is 11.1 Å². The van der Waals surface area contributed by atoms with E-state index in [1.807, 2.05) is 71.3 Å². The Kier molecular flexibility index (Phi) is 7.31. The lowest BCUT2D eigenvalue weighted by Crippen LogP contribution is -2.17. The molecule has 4 aromatic rings. The van der Waals surface area contributed by atoms with Gasteiger partial charge in [-0.15, -0.1) is 0 Å². The van der Waals surface area contributed by atoms with Crippen LogP contribution >= 0.6 is 0 Å². The Morgan fingerprint density at radius 1 is 0.806 bits per heavy atom. The van der Waals surface area contributed by atoms with Gasteiger partial charge in [-0.3, -0.25) is 0 Å². The molecule has 0 aliphatic heterocycles. The molecule has 0 aliphatic carbocycles. The lowest BCUT2D eigenvalue weighted by molar-refractivity contribution is -0.137. The lowest BCUT2D eigenvalue weighted by Gasteiger charge is -2.16. The van der Waals surface area contributed by atoms with Gasteiger partial charge in [0.1, 0.15) is 5.82 Å². The van der Waals surface area contributed by atoms with E-state index >= 15 is 0 Å². The van der Waals surface area contributed by atoms with Gasteiger partial charge in [-0.2, -0.15) is 13.2 Å². The number of hydrogen-bond acceptors (Lipinski definition) is 4. The summed E-state index contributed by atoms with van der Waals surface area (Å²) in [5.74, 6) is 0.894. The van der Waals surface area contributed by atoms with Crippen LogP contribution in [0.15, 0.2) is 54.6 Å². The average molecular weight is 493 g/mol. The third-order valence-electron chi connectivity index (χ3n) is 6.36. The third kappa shape index (κ3) is 5.68. The van der Waals surface area contributed by atoms with Gasteiger partial charge in [0, 0.05) is 17.5 Å². The molecule has 4 rings (SSSR count). The van der Waals surface area contributed by atoms with Crippen LogP contribution in [0, 0.1) is 20.8 Å². The zero-order chi connectivity index (χ0) is 26.0. The lowest BCUT2D eigenvalue weighted by atomic mass is 9.96. The van der Waals surface area contributed by atoms with Gasteiger partial charge in [0.15, 0.2) is 5.82 Å². The number of para-hydroxylation sites is 1. The van der Waals surface area contributed by atoms with Crippen LogP contribution < -0.4 is 5.32 Å².